The van der Waals surface area contributed by atoms with Crippen molar-refractivity contribution in [2.75, 3.05) is 7.05 Å². The monoisotopic (exact) mass is 275 g/mol. The lowest BCUT2D eigenvalue weighted by atomic mass is 10.1. The van der Waals surface area contributed by atoms with Gasteiger partial charge in [-0.05, 0) is 31.7 Å². The van der Waals surface area contributed by atoms with Crippen LogP contribution in [0.25, 0.3) is 0 Å². The van der Waals surface area contributed by atoms with Crippen molar-refractivity contribution in [3.63, 3.8) is 0 Å². The second kappa shape index (κ2) is 5.62. The van der Waals surface area contributed by atoms with Crippen LogP contribution in [-0.4, -0.2) is 21.2 Å². The summed E-state index contributed by atoms with van der Waals surface area (Å²) in [5.74, 6) is -0.0864. The van der Waals surface area contributed by atoms with Gasteiger partial charge in [-0.15, -0.1) is 0 Å². The zero-order valence-electron chi connectivity index (χ0n) is 9.66. The first-order valence-electron chi connectivity index (χ1n) is 5.18. The number of hydrogen-bond donors (Lipinski definition) is 1. The van der Waals surface area contributed by atoms with Gasteiger partial charge in [0.05, 0.1) is 5.02 Å². The Morgan fingerprint density at radius 1 is 1.41 bits per heavy atom. The Morgan fingerprint density at radius 2 is 2.06 bits per heavy atom. The van der Waals surface area contributed by atoms with Crippen LogP contribution in [0, 0.1) is 0 Å². The number of carbonyl (C=O) groups is 1. The Bertz CT molecular complexity index is 526. The zero-order valence-corrected chi connectivity index (χ0v) is 11.2. The molecule has 94 valence electrons. The lowest BCUT2D eigenvalue weighted by molar-refractivity contribution is 0.0981. The molecule has 6 heteroatoms. The Hall–Kier alpha value is -0.910. The Balaban J connectivity index is 3.25. The molecule has 0 spiro atoms. The second-order valence-corrected chi connectivity index (χ2v) is 5.79. The van der Waals surface area contributed by atoms with Gasteiger partial charge in [-0.25, -0.2) is 13.1 Å². The molecule has 1 N–H and O–H groups in total. The van der Waals surface area contributed by atoms with Crippen LogP contribution in [0.3, 0.4) is 0 Å². The summed E-state index contributed by atoms with van der Waals surface area (Å²) in [4.78, 5) is 11.6. The van der Waals surface area contributed by atoms with E-state index in [4.69, 9.17) is 11.6 Å². The van der Waals surface area contributed by atoms with E-state index in [1.165, 1.54) is 25.2 Å². The molecule has 0 unspecified atom stereocenters. The van der Waals surface area contributed by atoms with Gasteiger partial charge in [0.15, 0.2) is 5.78 Å². The normalized spacial score (nSPS) is 11.5. The number of rotatable bonds is 5. The molecule has 17 heavy (non-hydrogen) atoms. The van der Waals surface area contributed by atoms with Crippen molar-refractivity contribution in [2.45, 2.75) is 24.7 Å². The minimum atomic E-state index is -3.63. The number of carbonyl (C=O) groups excluding carboxylic acids is 1. The molecule has 1 aromatic carbocycles. The van der Waals surface area contributed by atoms with Crippen LogP contribution in [0.5, 0.6) is 0 Å². The summed E-state index contributed by atoms with van der Waals surface area (Å²) in [5.41, 5.74) is 0.366. The van der Waals surface area contributed by atoms with Crippen molar-refractivity contribution < 1.29 is 13.2 Å². The fourth-order valence-electron chi connectivity index (χ4n) is 1.36. The average Bonchev–Trinajstić information content (AvgIpc) is 2.29. The molecule has 0 aliphatic carbocycles. The number of ketones is 1. The Kier molecular flexibility index (Phi) is 4.68. The molecule has 4 nitrogen and oxygen atoms in total. The predicted octanol–water partition coefficient (Wildman–Crippen LogP) is 2.23. The van der Waals surface area contributed by atoms with Crippen LogP contribution in [0.2, 0.25) is 5.02 Å². The van der Waals surface area contributed by atoms with Gasteiger partial charge >= 0.3 is 0 Å². The molecule has 0 saturated carbocycles. The summed E-state index contributed by atoms with van der Waals surface area (Å²) in [6, 6.07) is 4.27. The maximum atomic E-state index is 11.7. The zero-order chi connectivity index (χ0) is 13.1. The first-order chi connectivity index (χ1) is 7.92. The van der Waals surface area contributed by atoms with E-state index in [2.05, 4.69) is 4.72 Å². The highest BCUT2D eigenvalue weighted by Gasteiger charge is 2.18. The summed E-state index contributed by atoms with van der Waals surface area (Å²) < 4.78 is 25.5. The predicted molar refractivity (Wildman–Crippen MR) is 66.9 cm³/mol. The summed E-state index contributed by atoms with van der Waals surface area (Å²) in [7, 11) is -2.34. The van der Waals surface area contributed by atoms with E-state index in [9.17, 15) is 13.2 Å². The average molecular weight is 276 g/mol. The summed E-state index contributed by atoms with van der Waals surface area (Å²) in [5, 5.41) is 0.104. The van der Waals surface area contributed by atoms with Crippen molar-refractivity contribution in [3.8, 4) is 0 Å². The SMILES string of the molecule is CCCC(=O)c1ccc(Cl)c(S(=O)(=O)NC)c1. The summed E-state index contributed by atoms with van der Waals surface area (Å²) in [6.07, 6.45) is 1.11. The number of hydrogen-bond acceptors (Lipinski definition) is 3. The molecule has 0 aromatic heterocycles. The van der Waals surface area contributed by atoms with Crippen molar-refractivity contribution in [1.29, 1.82) is 0 Å². The minimum absolute atomic E-state index is 0.0661. The molecule has 0 radical (unpaired) electrons. The first-order valence-corrected chi connectivity index (χ1v) is 7.04. The Labute approximate surface area is 106 Å². The summed E-state index contributed by atoms with van der Waals surface area (Å²) >= 11 is 5.81. The molecule has 0 saturated heterocycles. The van der Waals surface area contributed by atoms with Crippen LogP contribution in [-0.2, 0) is 10.0 Å². The molecular weight excluding hydrogens is 262 g/mol. The van der Waals surface area contributed by atoms with E-state index in [0.717, 1.165) is 6.42 Å². The Morgan fingerprint density at radius 3 is 2.59 bits per heavy atom. The molecule has 0 aliphatic heterocycles. The smallest absolute Gasteiger partial charge is 0.241 e. The molecule has 0 fully saturated rings. The highest BCUT2D eigenvalue weighted by Crippen LogP contribution is 2.23. The third kappa shape index (κ3) is 3.28. The quantitative estimate of drug-likeness (QED) is 0.838. The van der Waals surface area contributed by atoms with Crippen LogP contribution in [0.1, 0.15) is 30.1 Å². The van der Waals surface area contributed by atoms with E-state index >= 15 is 0 Å². The van der Waals surface area contributed by atoms with Crippen LogP contribution in [0.15, 0.2) is 23.1 Å². The first kappa shape index (κ1) is 14.2. The largest absolute Gasteiger partial charge is 0.294 e. The lowest BCUT2D eigenvalue weighted by Gasteiger charge is -2.07. The maximum Gasteiger partial charge on any atom is 0.241 e. The van der Waals surface area contributed by atoms with Crippen molar-refractivity contribution in [1.82, 2.24) is 4.72 Å². The summed E-state index contributed by atoms with van der Waals surface area (Å²) in [6.45, 7) is 1.89. The maximum absolute atomic E-state index is 11.7. The number of halogens is 1. The van der Waals surface area contributed by atoms with Crippen molar-refractivity contribution in [3.05, 3.63) is 28.8 Å². The van der Waals surface area contributed by atoms with Gasteiger partial charge in [0.2, 0.25) is 10.0 Å². The van der Waals surface area contributed by atoms with Crippen LogP contribution in [0.4, 0.5) is 0 Å². The fourth-order valence-corrected chi connectivity index (χ4v) is 2.61. The van der Waals surface area contributed by atoms with E-state index in [0.29, 0.717) is 12.0 Å². The van der Waals surface area contributed by atoms with Gasteiger partial charge in [0, 0.05) is 12.0 Å². The highest BCUT2D eigenvalue weighted by atomic mass is 35.5. The number of Topliss-reactive ketones (excluding diaryl/α,β-unsaturated/α-hetero) is 1. The number of sulfonamides is 1. The topological polar surface area (TPSA) is 63.2 Å². The second-order valence-electron chi connectivity index (χ2n) is 3.53. The van der Waals surface area contributed by atoms with Gasteiger partial charge in [-0.1, -0.05) is 18.5 Å². The van der Waals surface area contributed by atoms with Gasteiger partial charge in [0.1, 0.15) is 4.90 Å². The van der Waals surface area contributed by atoms with Gasteiger partial charge in [0.25, 0.3) is 0 Å². The van der Waals surface area contributed by atoms with Crippen LogP contribution < -0.4 is 4.72 Å². The molecule has 0 aliphatic rings. The molecule has 0 atom stereocenters. The van der Waals surface area contributed by atoms with Crippen LogP contribution >= 0.6 is 11.6 Å². The van der Waals surface area contributed by atoms with Gasteiger partial charge in [-0.2, -0.15) is 0 Å². The third-order valence-electron chi connectivity index (χ3n) is 2.29. The molecule has 0 heterocycles. The number of benzene rings is 1. The molecule has 1 aromatic rings. The molecule has 0 bridgehead atoms. The highest BCUT2D eigenvalue weighted by molar-refractivity contribution is 7.89. The fraction of sp³-hybridized carbons (Fsp3) is 0.364. The van der Waals surface area contributed by atoms with Gasteiger partial charge < -0.3 is 0 Å². The van der Waals surface area contributed by atoms with E-state index < -0.39 is 10.0 Å². The van der Waals surface area contributed by atoms with E-state index in [1.54, 1.807) is 0 Å². The number of nitrogens with one attached hydrogen (secondary N) is 1. The van der Waals surface area contributed by atoms with Gasteiger partial charge in [-0.3, -0.25) is 4.79 Å². The molecular formula is C11H14ClNO3S. The third-order valence-corrected chi connectivity index (χ3v) is 4.18. The lowest BCUT2D eigenvalue weighted by Crippen LogP contribution is -2.19. The van der Waals surface area contributed by atoms with Crippen molar-refractivity contribution >= 4 is 27.4 Å². The van der Waals surface area contributed by atoms with E-state index in [-0.39, 0.29) is 15.7 Å². The van der Waals surface area contributed by atoms with Crippen molar-refractivity contribution in [2.24, 2.45) is 0 Å². The standard InChI is InChI=1S/C11H14ClNO3S/c1-3-4-10(14)8-5-6-9(12)11(7-8)17(15,16)13-2/h5-7,13H,3-4H2,1-2H3. The van der Waals surface area contributed by atoms with E-state index in [1.807, 2.05) is 6.92 Å². The molecule has 0 amide bonds. The minimum Gasteiger partial charge on any atom is -0.294 e. The molecule has 1 rings (SSSR count).